The quantitative estimate of drug-likeness (QED) is 0.789. The Labute approximate surface area is 162 Å². The van der Waals surface area contributed by atoms with Crippen molar-refractivity contribution in [2.24, 2.45) is 0 Å². The number of benzene rings is 1. The molecule has 6 nitrogen and oxygen atoms in total. The topological polar surface area (TPSA) is 66.9 Å². The number of nitrogens with zero attached hydrogens (tertiary/aromatic N) is 2. The largest absolute Gasteiger partial charge is 0.443 e. The molecular weight excluding hydrogens is 384 g/mol. The third-order valence-electron chi connectivity index (χ3n) is 5.82. The van der Waals surface area contributed by atoms with Crippen molar-refractivity contribution < 1.29 is 17.9 Å². The smallest absolute Gasteiger partial charge is 0.411 e. The van der Waals surface area contributed by atoms with Crippen LogP contribution in [0.15, 0.2) is 46.0 Å². The molecular formula is C19H20N2O4S2. The van der Waals surface area contributed by atoms with Crippen LogP contribution in [-0.2, 0) is 21.2 Å². The van der Waals surface area contributed by atoms with Gasteiger partial charge in [0.25, 0.3) is 10.0 Å². The predicted molar refractivity (Wildman–Crippen MR) is 101 cm³/mol. The normalized spacial score (nSPS) is 26.1. The van der Waals surface area contributed by atoms with Gasteiger partial charge in [-0.2, -0.15) is 4.31 Å². The summed E-state index contributed by atoms with van der Waals surface area (Å²) in [5.41, 5.74) is 2.41. The molecule has 1 aromatic heterocycles. The summed E-state index contributed by atoms with van der Waals surface area (Å²) in [5, 5.41) is 1.78. The number of carbonyl (C=O) groups is 1. The van der Waals surface area contributed by atoms with E-state index in [0.29, 0.717) is 30.1 Å². The van der Waals surface area contributed by atoms with E-state index in [1.807, 2.05) is 17.0 Å². The highest BCUT2D eigenvalue weighted by molar-refractivity contribution is 7.91. The first-order valence-electron chi connectivity index (χ1n) is 9.16. The molecule has 142 valence electrons. The van der Waals surface area contributed by atoms with Gasteiger partial charge in [-0.1, -0.05) is 30.3 Å². The van der Waals surface area contributed by atoms with Gasteiger partial charge in [0.1, 0.15) is 10.3 Å². The minimum atomic E-state index is -3.43. The summed E-state index contributed by atoms with van der Waals surface area (Å²) in [4.78, 5) is 14.4. The molecule has 0 spiro atoms. The summed E-state index contributed by atoms with van der Waals surface area (Å²) in [5.74, 6) is 0. The number of amides is 1. The van der Waals surface area contributed by atoms with Crippen molar-refractivity contribution in [1.29, 1.82) is 0 Å². The van der Waals surface area contributed by atoms with E-state index in [1.165, 1.54) is 26.8 Å². The van der Waals surface area contributed by atoms with E-state index in [0.717, 1.165) is 6.42 Å². The van der Waals surface area contributed by atoms with Crippen molar-refractivity contribution in [2.45, 2.75) is 41.7 Å². The van der Waals surface area contributed by atoms with Crippen molar-refractivity contribution in [3.8, 4) is 0 Å². The molecule has 8 heteroatoms. The van der Waals surface area contributed by atoms with Crippen molar-refractivity contribution in [2.75, 3.05) is 13.1 Å². The first-order valence-corrected chi connectivity index (χ1v) is 11.5. The highest BCUT2D eigenvalue weighted by Crippen LogP contribution is 2.45. The molecule has 0 radical (unpaired) electrons. The molecule has 2 saturated heterocycles. The Bertz CT molecular complexity index is 965. The Hall–Kier alpha value is -1.90. The zero-order chi connectivity index (χ0) is 18.6. The van der Waals surface area contributed by atoms with Crippen LogP contribution in [0, 0.1) is 0 Å². The molecule has 2 fully saturated rings. The summed E-state index contributed by atoms with van der Waals surface area (Å²) >= 11 is 1.24. The fourth-order valence-corrected chi connectivity index (χ4v) is 7.16. The van der Waals surface area contributed by atoms with Gasteiger partial charge in [-0.05, 0) is 35.4 Å². The molecule has 5 rings (SSSR count). The molecule has 3 aliphatic rings. The van der Waals surface area contributed by atoms with Crippen LogP contribution in [0.2, 0.25) is 0 Å². The number of rotatable bonds is 3. The van der Waals surface area contributed by atoms with Crippen LogP contribution in [0.4, 0.5) is 4.79 Å². The Morgan fingerprint density at radius 2 is 1.85 bits per heavy atom. The monoisotopic (exact) mass is 404 g/mol. The second-order valence-electron chi connectivity index (χ2n) is 7.24. The van der Waals surface area contributed by atoms with Crippen LogP contribution < -0.4 is 0 Å². The maximum atomic E-state index is 12.7. The van der Waals surface area contributed by atoms with E-state index in [9.17, 15) is 13.2 Å². The SMILES string of the molecule is O=C1OC2Cc3ccccc3C2N1C1CCN(S(=O)(=O)c2cccs2)CC1. The number of fused-ring (bicyclic) bond motifs is 3. The van der Waals surface area contributed by atoms with Gasteiger partial charge in [0.2, 0.25) is 0 Å². The number of ether oxygens (including phenoxy) is 1. The third-order valence-corrected chi connectivity index (χ3v) is 9.09. The van der Waals surface area contributed by atoms with Crippen LogP contribution in [-0.4, -0.2) is 49.0 Å². The number of piperidine rings is 1. The van der Waals surface area contributed by atoms with Gasteiger partial charge < -0.3 is 4.74 Å². The minimum Gasteiger partial charge on any atom is -0.443 e. The molecule has 1 amide bonds. The average molecular weight is 405 g/mol. The maximum absolute atomic E-state index is 12.7. The summed E-state index contributed by atoms with van der Waals surface area (Å²) in [6.07, 6.45) is 1.63. The second-order valence-corrected chi connectivity index (χ2v) is 10.4. The van der Waals surface area contributed by atoms with Gasteiger partial charge in [-0.15, -0.1) is 11.3 Å². The number of thiophene rings is 1. The second kappa shape index (κ2) is 6.32. The van der Waals surface area contributed by atoms with Gasteiger partial charge in [0.15, 0.2) is 0 Å². The van der Waals surface area contributed by atoms with Crippen molar-refractivity contribution in [3.05, 3.63) is 52.9 Å². The Morgan fingerprint density at radius 3 is 2.59 bits per heavy atom. The fourth-order valence-electron chi connectivity index (χ4n) is 4.55. The van der Waals surface area contributed by atoms with Crippen LogP contribution in [0.3, 0.4) is 0 Å². The van der Waals surface area contributed by atoms with Gasteiger partial charge in [0, 0.05) is 25.6 Å². The minimum absolute atomic E-state index is 0.00782. The number of hydrogen-bond donors (Lipinski definition) is 0. The van der Waals surface area contributed by atoms with E-state index in [-0.39, 0.29) is 24.3 Å². The maximum Gasteiger partial charge on any atom is 0.411 e. The molecule has 3 heterocycles. The van der Waals surface area contributed by atoms with Crippen molar-refractivity contribution in [3.63, 3.8) is 0 Å². The molecule has 0 bridgehead atoms. The van der Waals surface area contributed by atoms with E-state index < -0.39 is 10.0 Å². The van der Waals surface area contributed by atoms with Crippen molar-refractivity contribution >= 4 is 27.5 Å². The molecule has 27 heavy (non-hydrogen) atoms. The third kappa shape index (κ3) is 2.69. The Kier molecular flexibility index (Phi) is 4.03. The number of carbonyl (C=O) groups excluding carboxylic acids is 1. The molecule has 0 N–H and O–H groups in total. The highest BCUT2D eigenvalue weighted by Gasteiger charge is 2.50. The van der Waals surface area contributed by atoms with Crippen molar-refractivity contribution in [1.82, 2.24) is 9.21 Å². The Morgan fingerprint density at radius 1 is 1.07 bits per heavy atom. The van der Waals surface area contributed by atoms with E-state index in [1.54, 1.807) is 17.5 Å². The summed E-state index contributed by atoms with van der Waals surface area (Å²) in [6, 6.07) is 11.5. The van der Waals surface area contributed by atoms with E-state index in [2.05, 4.69) is 12.1 Å². The van der Waals surface area contributed by atoms with E-state index >= 15 is 0 Å². The molecule has 2 atom stereocenters. The highest BCUT2D eigenvalue weighted by atomic mass is 32.2. The molecule has 2 unspecified atom stereocenters. The lowest BCUT2D eigenvalue weighted by Gasteiger charge is -2.37. The zero-order valence-corrected chi connectivity index (χ0v) is 16.3. The zero-order valence-electron chi connectivity index (χ0n) is 14.7. The van der Waals surface area contributed by atoms with Crippen LogP contribution in [0.25, 0.3) is 0 Å². The van der Waals surface area contributed by atoms with Gasteiger partial charge in [-0.25, -0.2) is 13.2 Å². The predicted octanol–water partition coefficient (Wildman–Crippen LogP) is 3.02. The first-order chi connectivity index (χ1) is 13.1. The number of hydrogen-bond acceptors (Lipinski definition) is 5. The summed E-state index contributed by atoms with van der Waals surface area (Å²) < 4.78 is 33.0. The van der Waals surface area contributed by atoms with Gasteiger partial charge in [-0.3, -0.25) is 4.90 Å². The van der Waals surface area contributed by atoms with Gasteiger partial charge >= 0.3 is 6.09 Å². The van der Waals surface area contributed by atoms with Gasteiger partial charge in [0.05, 0.1) is 6.04 Å². The average Bonchev–Trinajstić information content (AvgIpc) is 3.37. The summed E-state index contributed by atoms with van der Waals surface area (Å²) in [6.45, 7) is 0.849. The van der Waals surface area contributed by atoms with Crippen LogP contribution in [0.1, 0.15) is 30.0 Å². The van der Waals surface area contributed by atoms with E-state index in [4.69, 9.17) is 4.74 Å². The van der Waals surface area contributed by atoms with Crippen LogP contribution in [0.5, 0.6) is 0 Å². The van der Waals surface area contributed by atoms with Crippen LogP contribution >= 0.6 is 11.3 Å². The lowest BCUT2D eigenvalue weighted by molar-refractivity contribution is 0.119. The standard InChI is InChI=1S/C19H20N2O4S2/c22-19-21(18-15-5-2-1-4-13(15)12-16(18)25-19)14-7-9-20(10-8-14)27(23,24)17-6-3-11-26-17/h1-6,11,14,16,18H,7-10,12H2. The molecule has 0 saturated carbocycles. The summed E-state index contributed by atoms with van der Waals surface area (Å²) in [7, 11) is -3.43. The molecule has 1 aromatic carbocycles. The number of sulfonamides is 1. The molecule has 2 aromatic rings. The fraction of sp³-hybridized carbons (Fsp3) is 0.421. The lowest BCUT2D eigenvalue weighted by Crippen LogP contribution is -2.47. The first kappa shape index (κ1) is 17.2. The lowest BCUT2D eigenvalue weighted by atomic mass is 10.00. The molecule has 1 aliphatic carbocycles. The Balaban J connectivity index is 1.35. The molecule has 2 aliphatic heterocycles.